The number of benzene rings is 1. The Hall–Kier alpha value is -0.360. The van der Waals surface area contributed by atoms with Gasteiger partial charge in [0, 0.05) is 15.6 Å². The summed E-state index contributed by atoms with van der Waals surface area (Å²) in [5.41, 5.74) is 5.69. The summed E-state index contributed by atoms with van der Waals surface area (Å²) in [4.78, 5) is 0. The van der Waals surface area contributed by atoms with Gasteiger partial charge in [0.25, 0.3) is 0 Å². The number of halogens is 2. The summed E-state index contributed by atoms with van der Waals surface area (Å²) < 4.78 is 5.07. The minimum Gasteiger partial charge on any atom is -0.390 e. The van der Waals surface area contributed by atoms with Crippen molar-refractivity contribution in [2.24, 2.45) is 5.73 Å². The predicted octanol–water partition coefficient (Wildman–Crippen LogP) is 2.06. The third-order valence-electron chi connectivity index (χ3n) is 2.32. The third kappa shape index (κ3) is 4.10. The molecule has 0 aliphatic heterocycles. The molecule has 17 heavy (non-hydrogen) atoms. The summed E-state index contributed by atoms with van der Waals surface area (Å²) in [5.74, 6) is 0. The highest BCUT2D eigenvalue weighted by Crippen LogP contribution is 2.31. The molecule has 96 valence electrons. The molecule has 0 aliphatic carbocycles. The molecule has 0 aliphatic rings. The van der Waals surface area contributed by atoms with Gasteiger partial charge >= 0.3 is 0 Å². The molecule has 3 atom stereocenters. The standard InChI is InChI=1S/C11H15Cl2NO3/c1-2-9(15)10(17-11(14)16)7-4-3-6(12)5-8(7)13/h3-5,9-11,15-16H,2,14H2,1H3. The second kappa shape index (κ2) is 6.54. The highest BCUT2D eigenvalue weighted by Gasteiger charge is 2.24. The van der Waals surface area contributed by atoms with Crippen LogP contribution in [0.5, 0.6) is 0 Å². The first-order valence-electron chi connectivity index (χ1n) is 5.17. The maximum absolute atomic E-state index is 9.83. The summed E-state index contributed by atoms with van der Waals surface area (Å²) in [6.07, 6.45) is -2.64. The Morgan fingerprint density at radius 1 is 1.35 bits per heavy atom. The van der Waals surface area contributed by atoms with Gasteiger partial charge in [0.2, 0.25) is 6.41 Å². The van der Waals surface area contributed by atoms with Crippen molar-refractivity contribution in [2.75, 3.05) is 0 Å². The Bertz CT molecular complexity index is 374. The van der Waals surface area contributed by atoms with Gasteiger partial charge in [-0.2, -0.15) is 0 Å². The van der Waals surface area contributed by atoms with Crippen LogP contribution in [-0.4, -0.2) is 22.7 Å². The van der Waals surface area contributed by atoms with Gasteiger partial charge in [-0.05, 0) is 18.6 Å². The Morgan fingerprint density at radius 2 is 2.00 bits per heavy atom. The van der Waals surface area contributed by atoms with E-state index in [9.17, 15) is 5.11 Å². The molecule has 0 saturated carbocycles. The number of rotatable bonds is 5. The minimum absolute atomic E-state index is 0.357. The van der Waals surface area contributed by atoms with E-state index < -0.39 is 18.6 Å². The Labute approximate surface area is 110 Å². The lowest BCUT2D eigenvalue weighted by atomic mass is 10.0. The topological polar surface area (TPSA) is 75.7 Å². The first kappa shape index (κ1) is 14.7. The van der Waals surface area contributed by atoms with Crippen LogP contribution in [0.2, 0.25) is 10.0 Å². The normalized spacial score (nSPS) is 16.6. The van der Waals surface area contributed by atoms with Gasteiger partial charge in [-0.3, -0.25) is 5.73 Å². The van der Waals surface area contributed by atoms with Gasteiger partial charge in [-0.15, -0.1) is 0 Å². The maximum Gasteiger partial charge on any atom is 0.211 e. The van der Waals surface area contributed by atoms with Crippen LogP contribution in [0, 0.1) is 0 Å². The van der Waals surface area contributed by atoms with E-state index in [-0.39, 0.29) is 0 Å². The molecule has 6 heteroatoms. The fourth-order valence-corrected chi connectivity index (χ4v) is 1.98. The van der Waals surface area contributed by atoms with Crippen LogP contribution in [0.3, 0.4) is 0 Å². The number of hydrogen-bond acceptors (Lipinski definition) is 4. The van der Waals surface area contributed by atoms with Gasteiger partial charge in [0.05, 0.1) is 6.10 Å². The summed E-state index contributed by atoms with van der Waals surface area (Å²) in [6, 6.07) is 4.81. The average molecular weight is 280 g/mol. The van der Waals surface area contributed by atoms with Gasteiger partial charge in [0.15, 0.2) is 0 Å². The van der Waals surface area contributed by atoms with E-state index in [1.54, 1.807) is 25.1 Å². The highest BCUT2D eigenvalue weighted by atomic mass is 35.5. The summed E-state index contributed by atoms with van der Waals surface area (Å²) >= 11 is 11.8. The van der Waals surface area contributed by atoms with Crippen molar-refractivity contribution in [3.63, 3.8) is 0 Å². The molecular formula is C11H15Cl2NO3. The van der Waals surface area contributed by atoms with Gasteiger partial charge in [-0.1, -0.05) is 36.2 Å². The number of nitrogens with two attached hydrogens (primary N) is 1. The van der Waals surface area contributed by atoms with Crippen LogP contribution in [0.25, 0.3) is 0 Å². The number of aliphatic hydroxyl groups is 2. The van der Waals surface area contributed by atoms with E-state index in [1.807, 2.05) is 0 Å². The Kier molecular flexibility index (Phi) is 5.66. The second-order valence-electron chi connectivity index (χ2n) is 3.59. The monoisotopic (exact) mass is 279 g/mol. The maximum atomic E-state index is 9.83. The zero-order chi connectivity index (χ0) is 13.0. The SMILES string of the molecule is CCC(O)C(OC(N)O)c1ccc(Cl)cc1Cl. The van der Waals surface area contributed by atoms with Crippen molar-refractivity contribution >= 4 is 23.2 Å². The molecule has 0 bridgehead atoms. The molecule has 3 unspecified atom stereocenters. The molecule has 0 saturated heterocycles. The lowest BCUT2D eigenvalue weighted by Gasteiger charge is -2.25. The lowest BCUT2D eigenvalue weighted by Crippen LogP contribution is -2.31. The first-order valence-corrected chi connectivity index (χ1v) is 5.93. The fourth-order valence-electron chi connectivity index (χ4n) is 1.47. The molecule has 4 N–H and O–H groups in total. The number of hydrogen-bond donors (Lipinski definition) is 3. The first-order chi connectivity index (χ1) is 7.95. The highest BCUT2D eigenvalue weighted by molar-refractivity contribution is 6.35. The molecule has 0 radical (unpaired) electrons. The van der Waals surface area contributed by atoms with Crippen molar-refractivity contribution < 1.29 is 14.9 Å². The zero-order valence-corrected chi connectivity index (χ0v) is 10.8. The van der Waals surface area contributed by atoms with Crippen molar-refractivity contribution in [3.05, 3.63) is 33.8 Å². The summed E-state index contributed by atoms with van der Waals surface area (Å²) in [5, 5.41) is 19.7. The van der Waals surface area contributed by atoms with E-state index in [4.69, 9.17) is 38.8 Å². The van der Waals surface area contributed by atoms with Crippen molar-refractivity contribution in [2.45, 2.75) is 32.0 Å². The van der Waals surface area contributed by atoms with E-state index in [0.29, 0.717) is 22.0 Å². The average Bonchev–Trinajstić information content (AvgIpc) is 2.25. The largest absolute Gasteiger partial charge is 0.390 e. The Balaban J connectivity index is 3.03. The molecule has 4 nitrogen and oxygen atoms in total. The molecule has 0 amide bonds. The zero-order valence-electron chi connectivity index (χ0n) is 9.31. The molecular weight excluding hydrogens is 265 g/mol. The summed E-state index contributed by atoms with van der Waals surface area (Å²) in [7, 11) is 0. The van der Waals surface area contributed by atoms with Crippen LogP contribution in [-0.2, 0) is 4.74 Å². The van der Waals surface area contributed by atoms with Crippen LogP contribution >= 0.6 is 23.2 Å². The molecule has 0 heterocycles. The molecule has 1 rings (SSSR count). The predicted molar refractivity (Wildman–Crippen MR) is 66.8 cm³/mol. The van der Waals surface area contributed by atoms with E-state index in [1.165, 1.54) is 0 Å². The quantitative estimate of drug-likeness (QED) is 0.722. The molecule has 0 fully saturated rings. The van der Waals surface area contributed by atoms with Crippen molar-refractivity contribution in [1.29, 1.82) is 0 Å². The molecule has 0 spiro atoms. The van der Waals surface area contributed by atoms with Crippen LogP contribution in [0.15, 0.2) is 18.2 Å². The third-order valence-corrected chi connectivity index (χ3v) is 2.89. The number of aliphatic hydroxyl groups excluding tert-OH is 2. The smallest absolute Gasteiger partial charge is 0.211 e. The van der Waals surface area contributed by atoms with Gasteiger partial charge < -0.3 is 14.9 Å². The fraction of sp³-hybridized carbons (Fsp3) is 0.455. The van der Waals surface area contributed by atoms with Crippen molar-refractivity contribution in [1.82, 2.24) is 0 Å². The van der Waals surface area contributed by atoms with Crippen LogP contribution in [0.4, 0.5) is 0 Å². The van der Waals surface area contributed by atoms with Crippen LogP contribution in [0.1, 0.15) is 25.0 Å². The van der Waals surface area contributed by atoms with Crippen molar-refractivity contribution in [3.8, 4) is 0 Å². The number of ether oxygens (including phenoxy) is 1. The van der Waals surface area contributed by atoms with Gasteiger partial charge in [-0.25, -0.2) is 0 Å². The van der Waals surface area contributed by atoms with E-state index in [2.05, 4.69) is 0 Å². The Morgan fingerprint density at radius 3 is 2.47 bits per heavy atom. The van der Waals surface area contributed by atoms with Crippen LogP contribution < -0.4 is 5.73 Å². The molecule has 1 aromatic carbocycles. The molecule has 1 aromatic rings. The minimum atomic E-state index is -1.48. The van der Waals surface area contributed by atoms with E-state index in [0.717, 1.165) is 0 Å². The molecule has 0 aromatic heterocycles. The van der Waals surface area contributed by atoms with Gasteiger partial charge in [0.1, 0.15) is 6.10 Å². The summed E-state index contributed by atoms with van der Waals surface area (Å²) in [6.45, 7) is 1.79. The lowest BCUT2D eigenvalue weighted by molar-refractivity contribution is -0.164. The van der Waals surface area contributed by atoms with E-state index >= 15 is 0 Å². The second-order valence-corrected chi connectivity index (χ2v) is 4.43.